The minimum absolute atomic E-state index is 0.00507. The number of pyridine rings is 1. The molecule has 6 rings (SSSR count). The van der Waals surface area contributed by atoms with Crippen LogP contribution in [0.2, 0.25) is 0 Å². The molecule has 44 heavy (non-hydrogen) atoms. The molecule has 1 saturated carbocycles. The van der Waals surface area contributed by atoms with Crippen LogP contribution in [0.3, 0.4) is 0 Å². The fourth-order valence-corrected chi connectivity index (χ4v) is 7.68. The number of hydrogen-bond donors (Lipinski definition) is 5. The number of aromatic amines is 1. The number of β-lactam (4-membered cyclic amide) rings is 1. The lowest BCUT2D eigenvalue weighted by atomic mass is 9.92. The molecular weight excluding hydrogens is 602 g/mol. The number of aliphatic imine (C=N–C) groups is 1. The smallest absolute Gasteiger partial charge is 0.353 e. The van der Waals surface area contributed by atoms with Gasteiger partial charge in [0.25, 0.3) is 0 Å². The summed E-state index contributed by atoms with van der Waals surface area (Å²) in [5.41, 5.74) is 1.09. The highest BCUT2D eigenvalue weighted by molar-refractivity contribution is 8.04. The Bertz CT molecular complexity index is 1710. The molecule has 234 valence electrons. The number of carbonyl (C=O) groups excluding carboxylic acids is 1. The number of amides is 1. The van der Waals surface area contributed by atoms with E-state index in [0.29, 0.717) is 30.7 Å². The number of H-pyrrole nitrogens is 1. The number of carboxylic acids is 2. The number of nitrogens with zero attached hydrogens (tertiary/aromatic N) is 4. The van der Waals surface area contributed by atoms with Crippen LogP contribution in [0, 0.1) is 17.6 Å². The summed E-state index contributed by atoms with van der Waals surface area (Å²) in [6, 6.07) is 0.686. The molecule has 3 fully saturated rings. The third-order valence-electron chi connectivity index (χ3n) is 8.58. The third-order valence-corrected chi connectivity index (χ3v) is 9.94. The average molecular weight is 633 g/mol. The third kappa shape index (κ3) is 4.90. The van der Waals surface area contributed by atoms with Gasteiger partial charge >= 0.3 is 11.9 Å². The fourth-order valence-electron chi connectivity index (χ4n) is 6.14. The number of aliphatic hydroxyl groups is 1. The molecule has 1 amide bonds. The predicted molar refractivity (Wildman–Crippen MR) is 156 cm³/mol. The number of aromatic nitrogens is 1. The summed E-state index contributed by atoms with van der Waals surface area (Å²) in [6.45, 7) is 2.02. The number of nitrogens with one attached hydrogen (secondary N) is 2. The number of aliphatic carboxylic acids is 1. The van der Waals surface area contributed by atoms with Gasteiger partial charge in [0.15, 0.2) is 5.82 Å². The van der Waals surface area contributed by atoms with Crippen LogP contribution in [0.25, 0.3) is 10.9 Å². The van der Waals surface area contributed by atoms with Gasteiger partial charge in [-0.15, -0.1) is 0 Å². The van der Waals surface area contributed by atoms with Crippen molar-refractivity contribution in [3.05, 3.63) is 49.8 Å². The number of benzene rings is 1. The first-order valence-corrected chi connectivity index (χ1v) is 15.0. The summed E-state index contributed by atoms with van der Waals surface area (Å²) in [4.78, 5) is 59.0. The summed E-state index contributed by atoms with van der Waals surface area (Å²) in [5, 5.41) is 30.0. The van der Waals surface area contributed by atoms with E-state index in [-0.39, 0.29) is 53.0 Å². The van der Waals surface area contributed by atoms with Crippen LogP contribution in [0.15, 0.2) is 26.5 Å². The van der Waals surface area contributed by atoms with Gasteiger partial charge in [-0.3, -0.25) is 19.5 Å². The fraction of sp³-hybridized carbons (Fsp3) is 0.464. The standard InChI is InChI=1S/C28H30F2N6O7S/c1-11(37)17-25(39)36-23(28(42)43)16(44-26(17)36)8-31-10-32-34(2)13-5-6-35(9-13)22-15(29)7-14-21(19(22)30)33-20(12-3-4-12)18(24(14)38)27(40)41/h7,10-13,17,26,37H,3-6,8-9H2,1-2H3,(H,31,32)(H,33,38)(H,40,41)(H,42,43)/t11-,13?,17-,26-/m1/s1. The van der Waals surface area contributed by atoms with Crippen molar-refractivity contribution in [2.45, 2.75) is 49.6 Å². The molecule has 1 unspecified atom stereocenters. The Morgan fingerprint density at radius 3 is 2.61 bits per heavy atom. The summed E-state index contributed by atoms with van der Waals surface area (Å²) < 4.78 is 31.1. The number of thioether (sulfide) groups is 1. The number of hydrogen-bond acceptors (Lipinski definition) is 9. The van der Waals surface area contributed by atoms with E-state index < -0.39 is 57.9 Å². The molecule has 13 nitrogen and oxygen atoms in total. The maximum atomic E-state index is 15.8. The van der Waals surface area contributed by atoms with Gasteiger partial charge in [0.2, 0.25) is 11.3 Å². The van der Waals surface area contributed by atoms with E-state index >= 15 is 8.78 Å². The van der Waals surface area contributed by atoms with Crippen molar-refractivity contribution in [3.8, 4) is 0 Å². The lowest BCUT2D eigenvalue weighted by Crippen LogP contribution is -2.60. The molecule has 16 heteroatoms. The van der Waals surface area contributed by atoms with Crippen molar-refractivity contribution in [2.24, 2.45) is 10.9 Å². The van der Waals surface area contributed by atoms with Crippen molar-refractivity contribution in [1.29, 1.82) is 0 Å². The Morgan fingerprint density at radius 1 is 1.25 bits per heavy atom. The topological polar surface area (TPSA) is 179 Å². The molecule has 0 spiro atoms. The van der Waals surface area contributed by atoms with Crippen LogP contribution in [0.5, 0.6) is 0 Å². The normalized spacial score (nSPS) is 24.0. The molecule has 2 saturated heterocycles. The van der Waals surface area contributed by atoms with Crippen LogP contribution < -0.4 is 15.8 Å². The first-order chi connectivity index (χ1) is 20.9. The van der Waals surface area contributed by atoms with Crippen molar-refractivity contribution >= 4 is 52.5 Å². The van der Waals surface area contributed by atoms with E-state index in [2.05, 4.69) is 15.4 Å². The summed E-state index contributed by atoms with van der Waals surface area (Å²) in [6.07, 6.45) is 2.35. The Morgan fingerprint density at radius 2 is 1.98 bits per heavy atom. The maximum Gasteiger partial charge on any atom is 0.353 e. The quantitative estimate of drug-likeness (QED) is 0.111. The lowest BCUT2D eigenvalue weighted by molar-refractivity contribution is -0.156. The molecule has 4 heterocycles. The van der Waals surface area contributed by atoms with E-state index in [1.807, 2.05) is 0 Å². The SMILES string of the molecule is C[C@@H](O)[C@@H]1C(=O)N2C(C(=O)O)=C(CN=CNN(C)C3CCN(c4c(F)cc5c(=O)c(C(=O)O)c(C6CC6)[nH]c5c4F)C3)S[C@H]12. The number of carbonyl (C=O) groups is 3. The molecule has 0 radical (unpaired) electrons. The maximum absolute atomic E-state index is 15.8. The highest BCUT2D eigenvalue weighted by Gasteiger charge is 2.57. The summed E-state index contributed by atoms with van der Waals surface area (Å²) >= 11 is 1.19. The van der Waals surface area contributed by atoms with Crippen LogP contribution in [0.1, 0.15) is 48.2 Å². The first kappa shape index (κ1) is 30.0. The second kappa shape index (κ2) is 11.2. The second-order valence-electron chi connectivity index (χ2n) is 11.4. The molecule has 0 bridgehead atoms. The van der Waals surface area contributed by atoms with E-state index in [4.69, 9.17) is 0 Å². The van der Waals surface area contributed by atoms with E-state index in [1.54, 1.807) is 12.1 Å². The van der Waals surface area contributed by atoms with E-state index in [9.17, 15) is 34.5 Å². The van der Waals surface area contributed by atoms with Gasteiger partial charge in [0, 0.05) is 42.7 Å². The summed E-state index contributed by atoms with van der Waals surface area (Å²) in [7, 11) is 1.73. The predicted octanol–water partition coefficient (Wildman–Crippen LogP) is 1.63. The van der Waals surface area contributed by atoms with Crippen molar-refractivity contribution in [3.63, 3.8) is 0 Å². The Hall–Kier alpha value is -4.02. The zero-order valence-electron chi connectivity index (χ0n) is 23.7. The molecular formula is C28H30F2N6O7S. The second-order valence-corrected chi connectivity index (χ2v) is 12.6. The molecule has 4 atom stereocenters. The minimum atomic E-state index is -1.44. The zero-order chi connectivity index (χ0) is 31.6. The number of likely N-dealkylation sites (N-methyl/N-ethyl adjacent to an activating group) is 1. The van der Waals surface area contributed by atoms with Crippen LogP contribution in [-0.4, -0.2) is 98.6 Å². The molecule has 1 aromatic heterocycles. The molecule has 2 aromatic rings. The number of rotatable bonds is 10. The van der Waals surface area contributed by atoms with Crippen LogP contribution >= 0.6 is 11.8 Å². The van der Waals surface area contributed by atoms with Crippen LogP contribution in [-0.2, 0) is 9.59 Å². The Labute approximate surface area is 253 Å². The highest BCUT2D eigenvalue weighted by atomic mass is 32.2. The van der Waals surface area contributed by atoms with Gasteiger partial charge in [-0.05, 0) is 32.3 Å². The number of aliphatic hydroxyl groups excluding tert-OH is 1. The van der Waals surface area contributed by atoms with Crippen molar-refractivity contribution in [1.82, 2.24) is 20.3 Å². The molecule has 3 aliphatic heterocycles. The Balaban J connectivity index is 1.13. The first-order valence-electron chi connectivity index (χ1n) is 14.1. The van der Waals surface area contributed by atoms with Crippen molar-refractivity contribution in [2.75, 3.05) is 31.6 Å². The van der Waals surface area contributed by atoms with E-state index in [1.165, 1.54) is 34.8 Å². The molecule has 1 aliphatic carbocycles. The van der Waals surface area contributed by atoms with Gasteiger partial charge in [-0.2, -0.15) is 0 Å². The number of hydrazine groups is 1. The van der Waals surface area contributed by atoms with Gasteiger partial charge in [0.1, 0.15) is 28.1 Å². The monoisotopic (exact) mass is 632 g/mol. The molecule has 1 aromatic carbocycles. The molecule has 4 aliphatic rings. The average Bonchev–Trinajstić information content (AvgIpc) is 3.59. The minimum Gasteiger partial charge on any atom is -0.477 e. The number of aromatic carboxylic acids is 1. The lowest BCUT2D eigenvalue weighted by Gasteiger charge is -2.43. The van der Waals surface area contributed by atoms with Crippen LogP contribution in [0.4, 0.5) is 14.5 Å². The van der Waals surface area contributed by atoms with Gasteiger partial charge < -0.3 is 30.6 Å². The largest absolute Gasteiger partial charge is 0.477 e. The Kier molecular flexibility index (Phi) is 7.62. The van der Waals surface area contributed by atoms with Gasteiger partial charge in [-0.1, -0.05) is 11.8 Å². The highest BCUT2D eigenvalue weighted by Crippen LogP contribution is 2.50. The number of anilines is 1. The zero-order valence-corrected chi connectivity index (χ0v) is 24.5. The number of carboxylic acid groups (broad SMARTS) is 2. The van der Waals surface area contributed by atoms with Gasteiger partial charge in [0.05, 0.1) is 35.8 Å². The number of halogens is 2. The van der Waals surface area contributed by atoms with E-state index in [0.717, 1.165) is 6.07 Å². The van der Waals surface area contributed by atoms with Crippen molar-refractivity contribution < 1.29 is 38.5 Å². The molecule has 5 N–H and O–H groups in total. The summed E-state index contributed by atoms with van der Waals surface area (Å²) in [5.74, 6) is -5.90. The number of fused-ring (bicyclic) bond motifs is 2. The van der Waals surface area contributed by atoms with Gasteiger partial charge in [-0.25, -0.2) is 23.4 Å².